The Kier molecular flexibility index (Phi) is 6.54. The number of alkyl halides is 3. The second kappa shape index (κ2) is 9.03. The normalized spacial score (nSPS) is 18.6. The summed E-state index contributed by atoms with van der Waals surface area (Å²) in [6, 6.07) is 11.7. The van der Waals surface area contributed by atoms with Gasteiger partial charge in [-0.3, -0.25) is 4.79 Å². The van der Waals surface area contributed by atoms with E-state index in [1.165, 1.54) is 11.1 Å². The van der Waals surface area contributed by atoms with Crippen molar-refractivity contribution in [1.82, 2.24) is 4.57 Å². The van der Waals surface area contributed by atoms with E-state index in [1.54, 1.807) is 12.1 Å². The summed E-state index contributed by atoms with van der Waals surface area (Å²) in [6.45, 7) is 10.8. The minimum absolute atomic E-state index is 0.0416. The minimum atomic E-state index is -4.39. The highest BCUT2D eigenvalue weighted by molar-refractivity contribution is 5.89. The van der Waals surface area contributed by atoms with Crippen molar-refractivity contribution in [2.24, 2.45) is 0 Å². The molecule has 35 heavy (non-hydrogen) atoms. The second-order valence-electron chi connectivity index (χ2n) is 10.8. The lowest BCUT2D eigenvalue weighted by molar-refractivity contribution is -0.138. The smallest absolute Gasteiger partial charge is 0.416 e. The van der Waals surface area contributed by atoms with Crippen LogP contribution in [0.25, 0.3) is 10.9 Å². The van der Waals surface area contributed by atoms with Crippen LogP contribution in [0.5, 0.6) is 0 Å². The molecule has 2 unspecified atom stereocenters. The summed E-state index contributed by atoms with van der Waals surface area (Å²) in [5.41, 5.74) is 4.46. The van der Waals surface area contributed by atoms with Gasteiger partial charge in [-0.1, -0.05) is 52.8 Å². The van der Waals surface area contributed by atoms with Crippen molar-refractivity contribution in [3.8, 4) is 0 Å². The number of hydrogen-bond donors (Lipinski definition) is 1. The third-order valence-electron chi connectivity index (χ3n) is 7.66. The fourth-order valence-corrected chi connectivity index (χ4v) is 5.83. The van der Waals surface area contributed by atoms with Crippen LogP contribution in [-0.4, -0.2) is 15.6 Å². The molecule has 0 radical (unpaired) electrons. The topological polar surface area (TPSA) is 42.2 Å². The molecule has 1 aliphatic rings. The Balaban J connectivity index is 2.01. The molecule has 1 heterocycles. The molecule has 0 amide bonds. The molecule has 0 saturated carbocycles. The summed E-state index contributed by atoms with van der Waals surface area (Å²) in [6.07, 6.45) is -2.01. The number of halogens is 3. The molecule has 0 aliphatic heterocycles. The lowest BCUT2D eigenvalue weighted by Gasteiger charge is -2.37. The number of aliphatic carboxylic acids is 1. The van der Waals surface area contributed by atoms with Crippen molar-refractivity contribution in [2.75, 3.05) is 0 Å². The van der Waals surface area contributed by atoms with Crippen molar-refractivity contribution >= 4 is 16.9 Å². The van der Waals surface area contributed by atoms with Crippen molar-refractivity contribution < 1.29 is 23.1 Å². The number of fused-ring (bicyclic) bond motifs is 3. The van der Waals surface area contributed by atoms with Crippen LogP contribution < -0.4 is 0 Å². The zero-order valence-corrected chi connectivity index (χ0v) is 21.0. The number of aromatic nitrogens is 1. The first-order valence-corrected chi connectivity index (χ1v) is 12.4. The van der Waals surface area contributed by atoms with Crippen molar-refractivity contribution in [1.29, 1.82) is 0 Å². The molecule has 3 aromatic rings. The molecule has 0 fully saturated rings. The van der Waals surface area contributed by atoms with Crippen LogP contribution in [0.2, 0.25) is 0 Å². The second-order valence-corrected chi connectivity index (χ2v) is 10.8. The molecule has 188 valence electrons. The number of hydrogen-bond acceptors (Lipinski definition) is 1. The Bertz CT molecular complexity index is 1240. The monoisotopic (exact) mass is 485 g/mol. The molecule has 2 aromatic carbocycles. The predicted molar refractivity (Wildman–Crippen MR) is 133 cm³/mol. The van der Waals surface area contributed by atoms with Crippen LogP contribution in [0, 0.1) is 0 Å². The van der Waals surface area contributed by atoms with Gasteiger partial charge < -0.3 is 9.67 Å². The van der Waals surface area contributed by atoms with Crippen LogP contribution >= 0.6 is 0 Å². The summed E-state index contributed by atoms with van der Waals surface area (Å²) < 4.78 is 41.9. The van der Waals surface area contributed by atoms with E-state index < -0.39 is 17.7 Å². The van der Waals surface area contributed by atoms with Gasteiger partial charge >= 0.3 is 12.1 Å². The Hall–Kier alpha value is -2.76. The number of rotatable bonds is 6. The molecule has 6 heteroatoms. The van der Waals surface area contributed by atoms with Gasteiger partial charge in [0.05, 0.1) is 18.0 Å². The zero-order valence-electron chi connectivity index (χ0n) is 21.0. The van der Waals surface area contributed by atoms with Crippen molar-refractivity contribution in [3.63, 3.8) is 0 Å². The van der Waals surface area contributed by atoms with Gasteiger partial charge in [0.1, 0.15) is 0 Å². The molecular formula is C29H34F3NO2. The van der Waals surface area contributed by atoms with Crippen LogP contribution in [-0.2, 0) is 16.4 Å². The molecule has 0 spiro atoms. The Labute approximate surface area is 205 Å². The maximum atomic E-state index is 13.2. The van der Waals surface area contributed by atoms with E-state index in [4.69, 9.17) is 0 Å². The van der Waals surface area contributed by atoms with E-state index in [2.05, 4.69) is 50.5 Å². The maximum Gasteiger partial charge on any atom is 0.416 e. The summed E-state index contributed by atoms with van der Waals surface area (Å²) in [5.74, 6) is -0.631. The van der Waals surface area contributed by atoms with E-state index in [0.717, 1.165) is 47.1 Å². The van der Waals surface area contributed by atoms with Crippen molar-refractivity contribution in [2.45, 2.75) is 89.8 Å². The standard InChI is InChI=1S/C29H34F3NO2/c1-6-23(18-7-10-21(11-8-18)29(30,31)32)33-24-12-9-19(17(2)3)15-22(24)26-27(33)20(16-25(34)35)13-14-28(26,4)5/h7-12,15,17,20,23H,6,13-14,16H2,1-5H3,(H,34,35). The summed E-state index contributed by atoms with van der Waals surface area (Å²) in [7, 11) is 0. The van der Waals surface area contributed by atoms with E-state index in [-0.39, 0.29) is 23.8 Å². The predicted octanol–water partition coefficient (Wildman–Crippen LogP) is 8.41. The molecule has 1 N–H and O–H groups in total. The average molecular weight is 486 g/mol. The molecule has 2 atom stereocenters. The Morgan fingerprint density at radius 2 is 1.74 bits per heavy atom. The summed E-state index contributed by atoms with van der Waals surface area (Å²) >= 11 is 0. The number of carboxylic acid groups (broad SMARTS) is 1. The van der Waals surface area contributed by atoms with Gasteiger partial charge in [-0.25, -0.2) is 0 Å². The number of carboxylic acids is 1. The minimum Gasteiger partial charge on any atom is -0.481 e. The van der Waals surface area contributed by atoms with Crippen LogP contribution in [0.1, 0.15) is 106 Å². The fraction of sp³-hybridized carbons (Fsp3) is 0.483. The van der Waals surface area contributed by atoms with Crippen molar-refractivity contribution in [3.05, 3.63) is 70.4 Å². The molecule has 0 saturated heterocycles. The number of nitrogens with zero attached hydrogens (tertiary/aromatic N) is 1. The van der Waals surface area contributed by atoms with Crippen LogP contribution in [0.15, 0.2) is 42.5 Å². The van der Waals surface area contributed by atoms with E-state index in [1.807, 2.05) is 6.92 Å². The summed E-state index contributed by atoms with van der Waals surface area (Å²) in [5, 5.41) is 10.8. The van der Waals surface area contributed by atoms with Gasteiger partial charge in [0, 0.05) is 22.5 Å². The fourth-order valence-electron chi connectivity index (χ4n) is 5.83. The number of benzene rings is 2. The molecule has 4 rings (SSSR count). The van der Waals surface area contributed by atoms with E-state index in [0.29, 0.717) is 12.3 Å². The maximum absolute atomic E-state index is 13.2. The van der Waals surface area contributed by atoms with Gasteiger partial charge in [-0.2, -0.15) is 13.2 Å². The first-order valence-electron chi connectivity index (χ1n) is 12.4. The summed E-state index contributed by atoms with van der Waals surface area (Å²) in [4.78, 5) is 11.8. The van der Waals surface area contributed by atoms with Gasteiger partial charge in [0.2, 0.25) is 0 Å². The highest BCUT2D eigenvalue weighted by Crippen LogP contribution is 2.51. The third-order valence-corrected chi connectivity index (χ3v) is 7.66. The van der Waals surface area contributed by atoms with Crippen LogP contribution in [0.3, 0.4) is 0 Å². The quantitative estimate of drug-likeness (QED) is 0.381. The molecule has 1 aliphatic carbocycles. The first kappa shape index (κ1) is 25.3. The lowest BCUT2D eigenvalue weighted by Crippen LogP contribution is -2.29. The van der Waals surface area contributed by atoms with Gasteiger partial charge in [-0.05, 0) is 71.6 Å². The molecular weight excluding hydrogens is 451 g/mol. The largest absolute Gasteiger partial charge is 0.481 e. The Morgan fingerprint density at radius 1 is 1.11 bits per heavy atom. The number of carbonyl (C=O) groups is 1. The molecule has 1 aromatic heterocycles. The van der Waals surface area contributed by atoms with E-state index >= 15 is 0 Å². The third kappa shape index (κ3) is 4.60. The van der Waals surface area contributed by atoms with Gasteiger partial charge in [-0.15, -0.1) is 0 Å². The molecule has 3 nitrogen and oxygen atoms in total. The van der Waals surface area contributed by atoms with Crippen LogP contribution in [0.4, 0.5) is 13.2 Å². The van der Waals surface area contributed by atoms with Gasteiger partial charge in [0.25, 0.3) is 0 Å². The SMILES string of the molecule is CCC(c1ccc(C(F)(F)F)cc1)n1c2c(c3cc(C(C)C)ccc31)C(C)(C)CCC2CC(=O)O. The highest BCUT2D eigenvalue weighted by atomic mass is 19.4. The highest BCUT2D eigenvalue weighted by Gasteiger charge is 2.40. The average Bonchev–Trinajstić information content (AvgIpc) is 3.12. The molecule has 0 bridgehead atoms. The van der Waals surface area contributed by atoms with Gasteiger partial charge in [0.15, 0.2) is 0 Å². The zero-order chi connectivity index (χ0) is 25.7. The van der Waals surface area contributed by atoms with E-state index in [9.17, 15) is 23.1 Å². The first-order chi connectivity index (χ1) is 16.3. The lowest BCUT2D eigenvalue weighted by atomic mass is 9.69. The Morgan fingerprint density at radius 3 is 2.29 bits per heavy atom.